The normalized spacial score (nSPS) is 18.4. The van der Waals surface area contributed by atoms with Crippen LogP contribution in [0.4, 0.5) is 28.4 Å². The van der Waals surface area contributed by atoms with Gasteiger partial charge in [0.15, 0.2) is 0 Å². The molecule has 0 saturated carbocycles. The minimum absolute atomic E-state index is 0.0353. The molecular formula is C53H40N2S. The first-order chi connectivity index (χ1) is 27.5. The van der Waals surface area contributed by atoms with E-state index < -0.39 is 0 Å². The first-order valence-corrected chi connectivity index (χ1v) is 20.4. The van der Waals surface area contributed by atoms with Gasteiger partial charge in [0.25, 0.3) is 0 Å². The van der Waals surface area contributed by atoms with Gasteiger partial charge in [0.2, 0.25) is 0 Å². The van der Waals surface area contributed by atoms with E-state index in [0.717, 1.165) is 0 Å². The molecule has 0 amide bonds. The molecule has 4 aliphatic rings. The molecule has 2 heterocycles. The van der Waals surface area contributed by atoms with Gasteiger partial charge in [-0.2, -0.15) is 0 Å². The summed E-state index contributed by atoms with van der Waals surface area (Å²) in [7, 11) is 0. The number of hydrogen-bond acceptors (Lipinski definition) is 3. The number of fused-ring (bicyclic) bond motifs is 8. The van der Waals surface area contributed by atoms with Crippen molar-refractivity contribution in [3.05, 3.63) is 209 Å². The van der Waals surface area contributed by atoms with Crippen LogP contribution in [-0.4, -0.2) is 0 Å². The van der Waals surface area contributed by atoms with Crippen LogP contribution in [0, 0.1) is 5.92 Å². The van der Waals surface area contributed by atoms with Crippen molar-refractivity contribution in [3.8, 4) is 0 Å². The zero-order valence-corrected chi connectivity index (χ0v) is 32.2. The molecule has 0 aromatic heterocycles. The summed E-state index contributed by atoms with van der Waals surface area (Å²) in [6.45, 7) is 4.87. The van der Waals surface area contributed by atoms with Crippen molar-refractivity contribution in [1.29, 1.82) is 0 Å². The van der Waals surface area contributed by atoms with Gasteiger partial charge in [-0.3, -0.25) is 0 Å². The van der Waals surface area contributed by atoms with Crippen LogP contribution < -0.4 is 9.80 Å². The molecule has 0 spiro atoms. The van der Waals surface area contributed by atoms with E-state index in [1.807, 2.05) is 11.8 Å². The van der Waals surface area contributed by atoms with Crippen LogP contribution in [0.5, 0.6) is 0 Å². The average molecular weight is 737 g/mol. The number of hydrogen-bond donors (Lipinski definition) is 0. The van der Waals surface area contributed by atoms with E-state index in [2.05, 4.69) is 218 Å². The fourth-order valence-electron chi connectivity index (χ4n) is 9.52. The Morgan fingerprint density at radius 2 is 1.14 bits per heavy atom. The van der Waals surface area contributed by atoms with Gasteiger partial charge in [-0.05, 0) is 98.6 Å². The molecule has 11 rings (SSSR count). The van der Waals surface area contributed by atoms with E-state index in [4.69, 9.17) is 0 Å². The van der Waals surface area contributed by atoms with Crippen LogP contribution in [0.2, 0.25) is 0 Å². The molecule has 268 valence electrons. The second-order valence-electron chi connectivity index (χ2n) is 15.8. The van der Waals surface area contributed by atoms with Gasteiger partial charge in [-0.1, -0.05) is 171 Å². The van der Waals surface area contributed by atoms with E-state index in [0.29, 0.717) is 11.8 Å². The predicted molar refractivity (Wildman–Crippen MR) is 239 cm³/mol. The molecule has 7 aromatic rings. The van der Waals surface area contributed by atoms with Gasteiger partial charge in [0.05, 0.1) is 28.4 Å². The Morgan fingerprint density at radius 3 is 1.84 bits per heavy atom. The highest BCUT2D eigenvalue weighted by atomic mass is 32.2. The van der Waals surface area contributed by atoms with Crippen molar-refractivity contribution in [2.75, 3.05) is 9.80 Å². The van der Waals surface area contributed by atoms with Crippen LogP contribution in [0.15, 0.2) is 185 Å². The largest absolute Gasteiger partial charge is 0.309 e. The fraction of sp³-hybridized carbons (Fsp3) is 0.0943. The molecule has 56 heavy (non-hydrogen) atoms. The maximum absolute atomic E-state index is 2.55. The van der Waals surface area contributed by atoms with Crippen molar-refractivity contribution in [3.63, 3.8) is 0 Å². The van der Waals surface area contributed by atoms with Crippen molar-refractivity contribution in [2.24, 2.45) is 5.92 Å². The smallest absolute Gasteiger partial charge is 0.0601 e. The molecule has 2 aliphatic heterocycles. The Bertz CT molecular complexity index is 2760. The molecule has 7 aromatic carbocycles. The summed E-state index contributed by atoms with van der Waals surface area (Å²) in [5.74, 6) is 0.707. The van der Waals surface area contributed by atoms with Crippen LogP contribution in [0.1, 0.15) is 53.1 Å². The molecule has 2 unspecified atom stereocenters. The maximum Gasteiger partial charge on any atom is 0.0601 e. The van der Waals surface area contributed by atoms with Gasteiger partial charge in [-0.25, -0.2) is 0 Å². The van der Waals surface area contributed by atoms with E-state index in [1.165, 1.54) is 88.1 Å². The lowest BCUT2D eigenvalue weighted by atomic mass is 9.74. The Kier molecular flexibility index (Phi) is 7.62. The molecule has 0 fully saturated rings. The summed E-state index contributed by atoms with van der Waals surface area (Å²) in [6, 6.07) is 55.5. The molecule has 0 N–H and O–H groups in total. The average Bonchev–Trinajstić information content (AvgIpc) is 3.34. The van der Waals surface area contributed by atoms with Crippen molar-refractivity contribution >= 4 is 75.3 Å². The maximum atomic E-state index is 2.55. The summed E-state index contributed by atoms with van der Waals surface area (Å²) in [4.78, 5) is 7.49. The third kappa shape index (κ3) is 5.18. The van der Waals surface area contributed by atoms with Crippen molar-refractivity contribution in [1.82, 2.24) is 0 Å². The monoisotopic (exact) mass is 736 g/mol. The van der Waals surface area contributed by atoms with E-state index in [9.17, 15) is 0 Å². The van der Waals surface area contributed by atoms with E-state index in [-0.39, 0.29) is 5.41 Å². The number of anilines is 5. The predicted octanol–water partition coefficient (Wildman–Crippen LogP) is 14.7. The lowest BCUT2D eigenvalue weighted by Gasteiger charge is -2.37. The van der Waals surface area contributed by atoms with Gasteiger partial charge in [0, 0.05) is 26.8 Å². The van der Waals surface area contributed by atoms with Crippen LogP contribution in [0.3, 0.4) is 0 Å². The Labute approximate surface area is 333 Å². The topological polar surface area (TPSA) is 6.48 Å². The highest BCUT2D eigenvalue weighted by Crippen LogP contribution is 2.56. The second kappa shape index (κ2) is 12.9. The zero-order valence-electron chi connectivity index (χ0n) is 31.4. The Hall–Kier alpha value is -6.29. The summed E-state index contributed by atoms with van der Waals surface area (Å²) < 4.78 is 0. The van der Waals surface area contributed by atoms with Gasteiger partial charge in [-0.15, -0.1) is 0 Å². The third-order valence-electron chi connectivity index (χ3n) is 12.3. The summed E-state index contributed by atoms with van der Waals surface area (Å²) in [6.07, 6.45) is 16.4. The molecular weight excluding hydrogens is 697 g/mol. The summed E-state index contributed by atoms with van der Waals surface area (Å²) in [5, 5.41) is 2.47. The molecule has 2 nitrogen and oxygen atoms in total. The van der Waals surface area contributed by atoms with Crippen LogP contribution >= 0.6 is 11.8 Å². The van der Waals surface area contributed by atoms with E-state index >= 15 is 0 Å². The molecule has 0 radical (unpaired) electrons. The highest BCUT2D eigenvalue weighted by molar-refractivity contribution is 7.99. The lowest BCUT2D eigenvalue weighted by molar-refractivity contribution is 0.392. The number of rotatable bonds is 4. The number of allylic oxidation sites excluding steroid dienone is 3. The molecule has 2 aliphatic carbocycles. The highest BCUT2D eigenvalue weighted by Gasteiger charge is 2.46. The van der Waals surface area contributed by atoms with E-state index in [1.54, 1.807) is 0 Å². The van der Waals surface area contributed by atoms with Crippen LogP contribution in [0.25, 0.3) is 35.1 Å². The minimum atomic E-state index is -0.0353. The standard InChI is InChI=1S/C53H40N2S/c1-53(2)44-33-35(24-30-41(44)42-31-29-39(34-45(42)53)54-49-19-9-11-21-51(49)56-52-22-12-10-20-50(52)54)23-25-36-28-32-48(43-16-6-5-15-40(36)43)55-46-17-7-3-13-37(46)26-27-38-14-4-8-18-47(38)55/h3-34,42,45H,1-2H3/b25-23+. The van der Waals surface area contributed by atoms with Crippen molar-refractivity contribution < 1.29 is 0 Å². The number of nitrogens with zero attached hydrogens (tertiary/aromatic N) is 2. The first-order valence-electron chi connectivity index (χ1n) is 19.6. The Balaban J connectivity index is 0.938. The number of benzene rings is 7. The van der Waals surface area contributed by atoms with Gasteiger partial charge < -0.3 is 9.80 Å². The lowest BCUT2D eigenvalue weighted by Crippen LogP contribution is -2.28. The summed E-state index contributed by atoms with van der Waals surface area (Å²) in [5.41, 5.74) is 15.0. The first kappa shape index (κ1) is 33.1. The zero-order chi connectivity index (χ0) is 37.4. The van der Waals surface area contributed by atoms with Gasteiger partial charge in [0.1, 0.15) is 0 Å². The fourth-order valence-corrected chi connectivity index (χ4v) is 10.6. The SMILES string of the molecule is CC1(C)c2cc(/C=C/c3ccc(N4c5ccccc5C=Cc5ccccc54)c4ccccc34)ccc2C2C=CC(N3c4ccccc4Sc4ccccc43)=CC21. The second-order valence-corrected chi connectivity index (χ2v) is 16.9. The van der Waals surface area contributed by atoms with Crippen LogP contribution in [-0.2, 0) is 5.41 Å². The number of para-hydroxylation sites is 4. The molecule has 3 heteroatoms. The molecule has 2 atom stereocenters. The molecule has 0 saturated heterocycles. The summed E-state index contributed by atoms with van der Waals surface area (Å²) >= 11 is 1.86. The van der Waals surface area contributed by atoms with Gasteiger partial charge >= 0.3 is 0 Å². The van der Waals surface area contributed by atoms with Crippen molar-refractivity contribution in [2.45, 2.75) is 35.0 Å². The molecule has 0 bridgehead atoms. The quantitative estimate of drug-likeness (QED) is 0.166. The third-order valence-corrected chi connectivity index (χ3v) is 13.4. The minimum Gasteiger partial charge on any atom is -0.309 e. The Morgan fingerprint density at radius 1 is 0.536 bits per heavy atom.